The van der Waals surface area contributed by atoms with Crippen LogP contribution in [0.5, 0.6) is 0 Å². The topological polar surface area (TPSA) is 26.0 Å². The Hall–Kier alpha value is -1.03. The van der Waals surface area contributed by atoms with Crippen molar-refractivity contribution in [2.24, 2.45) is 17.6 Å². The Morgan fingerprint density at radius 1 is 1.16 bits per heavy atom. The Morgan fingerprint density at radius 3 is 2.53 bits per heavy atom. The fraction of sp³-hybridized carbons (Fsp3) is 0.600. The fourth-order valence-electron chi connectivity index (χ4n) is 3.24. The van der Waals surface area contributed by atoms with Gasteiger partial charge in [-0.2, -0.15) is 0 Å². The van der Waals surface area contributed by atoms with E-state index in [0.717, 1.165) is 31.7 Å². The summed E-state index contributed by atoms with van der Waals surface area (Å²) in [5, 5.41) is 0. The normalized spacial score (nSPS) is 25.3. The van der Waals surface area contributed by atoms with E-state index in [-0.39, 0.29) is 11.5 Å². The minimum atomic E-state index is -1.42. The highest BCUT2D eigenvalue weighted by Crippen LogP contribution is 2.40. The maximum Gasteiger partial charge on any atom is 0.194 e. The van der Waals surface area contributed by atoms with E-state index >= 15 is 0 Å². The van der Waals surface area contributed by atoms with E-state index in [9.17, 15) is 13.2 Å². The van der Waals surface area contributed by atoms with Crippen LogP contribution in [0.4, 0.5) is 13.2 Å². The van der Waals surface area contributed by atoms with Crippen LogP contribution in [-0.2, 0) is 0 Å². The summed E-state index contributed by atoms with van der Waals surface area (Å²) in [4.78, 5) is 0. The molecule has 19 heavy (non-hydrogen) atoms. The number of hydrogen-bond donors (Lipinski definition) is 1. The minimum absolute atomic E-state index is 0.101. The summed E-state index contributed by atoms with van der Waals surface area (Å²) in [6.45, 7) is 2.09. The third kappa shape index (κ3) is 2.78. The molecule has 0 amide bonds. The van der Waals surface area contributed by atoms with Crippen molar-refractivity contribution in [3.05, 3.63) is 35.1 Å². The van der Waals surface area contributed by atoms with Gasteiger partial charge in [0.15, 0.2) is 17.5 Å². The van der Waals surface area contributed by atoms with Crippen LogP contribution in [0.1, 0.15) is 50.6 Å². The molecule has 2 N–H and O–H groups in total. The molecular weight excluding hydrogens is 251 g/mol. The van der Waals surface area contributed by atoms with Gasteiger partial charge in [-0.15, -0.1) is 0 Å². The number of halogens is 3. The first-order chi connectivity index (χ1) is 9.06. The first-order valence-corrected chi connectivity index (χ1v) is 6.95. The largest absolute Gasteiger partial charge is 0.324 e. The van der Waals surface area contributed by atoms with E-state index in [0.29, 0.717) is 5.92 Å². The highest BCUT2D eigenvalue weighted by atomic mass is 19.2. The third-order valence-corrected chi connectivity index (χ3v) is 4.38. The molecule has 1 saturated carbocycles. The molecule has 1 nitrogen and oxygen atoms in total. The molecule has 0 heterocycles. The molecule has 0 aliphatic heterocycles. The zero-order valence-corrected chi connectivity index (χ0v) is 11.1. The summed E-state index contributed by atoms with van der Waals surface area (Å²) in [7, 11) is 0. The zero-order valence-electron chi connectivity index (χ0n) is 11.1. The Balaban J connectivity index is 2.28. The molecule has 1 aliphatic carbocycles. The second kappa shape index (κ2) is 5.95. The second-order valence-electron chi connectivity index (χ2n) is 5.41. The van der Waals surface area contributed by atoms with Crippen LogP contribution in [0.3, 0.4) is 0 Å². The predicted octanol–water partition coefficient (Wildman–Crippen LogP) is 4.32. The van der Waals surface area contributed by atoms with Crippen molar-refractivity contribution in [1.82, 2.24) is 0 Å². The molecule has 106 valence electrons. The molecule has 3 unspecified atom stereocenters. The van der Waals surface area contributed by atoms with Gasteiger partial charge >= 0.3 is 0 Å². The van der Waals surface area contributed by atoms with Crippen LogP contribution in [0.15, 0.2) is 12.1 Å². The fourth-order valence-corrected chi connectivity index (χ4v) is 3.24. The van der Waals surface area contributed by atoms with Crippen molar-refractivity contribution in [3.63, 3.8) is 0 Å². The maximum absolute atomic E-state index is 13.8. The molecule has 1 aromatic rings. The van der Waals surface area contributed by atoms with Gasteiger partial charge in [0.2, 0.25) is 0 Å². The van der Waals surface area contributed by atoms with Crippen LogP contribution in [0.2, 0.25) is 0 Å². The summed E-state index contributed by atoms with van der Waals surface area (Å²) in [5.74, 6) is -3.12. The summed E-state index contributed by atoms with van der Waals surface area (Å²) in [6.07, 6.45) is 5.24. The molecule has 3 atom stereocenters. The van der Waals surface area contributed by atoms with Gasteiger partial charge in [0, 0.05) is 11.6 Å². The predicted molar refractivity (Wildman–Crippen MR) is 69.0 cm³/mol. The lowest BCUT2D eigenvalue weighted by Crippen LogP contribution is -2.31. The number of rotatable bonds is 3. The van der Waals surface area contributed by atoms with E-state index in [2.05, 4.69) is 6.92 Å². The third-order valence-electron chi connectivity index (χ3n) is 4.38. The van der Waals surface area contributed by atoms with Gasteiger partial charge < -0.3 is 5.73 Å². The Bertz CT molecular complexity index is 447. The molecule has 4 heteroatoms. The molecule has 0 spiro atoms. The average molecular weight is 271 g/mol. The van der Waals surface area contributed by atoms with Gasteiger partial charge in [-0.25, -0.2) is 13.2 Å². The van der Waals surface area contributed by atoms with E-state index in [1.807, 2.05) is 0 Å². The first kappa shape index (κ1) is 14.4. The highest BCUT2D eigenvalue weighted by Gasteiger charge is 2.31. The summed E-state index contributed by atoms with van der Waals surface area (Å²) >= 11 is 0. The van der Waals surface area contributed by atoms with Gasteiger partial charge in [0.05, 0.1) is 0 Å². The summed E-state index contributed by atoms with van der Waals surface area (Å²) in [5.41, 5.74) is 6.23. The van der Waals surface area contributed by atoms with Crippen molar-refractivity contribution >= 4 is 0 Å². The number of nitrogens with two attached hydrogens (primary N) is 1. The van der Waals surface area contributed by atoms with Crippen LogP contribution >= 0.6 is 0 Å². The average Bonchev–Trinajstić information content (AvgIpc) is 2.44. The summed E-state index contributed by atoms with van der Waals surface area (Å²) < 4.78 is 40.0. The lowest BCUT2D eigenvalue weighted by molar-refractivity contribution is 0.193. The van der Waals surface area contributed by atoms with E-state index in [1.165, 1.54) is 12.5 Å². The molecule has 1 aromatic carbocycles. The first-order valence-electron chi connectivity index (χ1n) is 6.95. The molecule has 0 radical (unpaired) electrons. The zero-order chi connectivity index (χ0) is 14.0. The molecule has 1 aliphatic rings. The Morgan fingerprint density at radius 2 is 1.84 bits per heavy atom. The van der Waals surface area contributed by atoms with Crippen LogP contribution in [0.25, 0.3) is 0 Å². The van der Waals surface area contributed by atoms with Crippen LogP contribution in [-0.4, -0.2) is 0 Å². The lowest BCUT2D eigenvalue weighted by atomic mass is 9.72. The molecule has 0 saturated heterocycles. The van der Waals surface area contributed by atoms with Gasteiger partial charge in [0.1, 0.15) is 0 Å². The van der Waals surface area contributed by atoms with Crippen LogP contribution < -0.4 is 5.73 Å². The Kier molecular flexibility index (Phi) is 4.50. The van der Waals surface area contributed by atoms with Crippen LogP contribution in [0, 0.1) is 29.3 Å². The lowest BCUT2D eigenvalue weighted by Gasteiger charge is -2.35. The standard InChI is InChI=1S/C15H20F3N/c1-2-9-5-3-4-6-10(9)15(19)11-7-8-12(16)14(18)13(11)17/h7-10,15H,2-6,19H2,1H3. The highest BCUT2D eigenvalue weighted by molar-refractivity contribution is 5.24. The van der Waals surface area contributed by atoms with Gasteiger partial charge in [-0.3, -0.25) is 0 Å². The van der Waals surface area contributed by atoms with E-state index in [4.69, 9.17) is 5.73 Å². The molecule has 1 fully saturated rings. The number of hydrogen-bond acceptors (Lipinski definition) is 1. The molecule has 0 bridgehead atoms. The monoisotopic (exact) mass is 271 g/mol. The van der Waals surface area contributed by atoms with Crippen molar-refractivity contribution < 1.29 is 13.2 Å². The van der Waals surface area contributed by atoms with E-state index < -0.39 is 23.5 Å². The van der Waals surface area contributed by atoms with E-state index in [1.54, 1.807) is 0 Å². The van der Waals surface area contributed by atoms with Gasteiger partial charge in [-0.1, -0.05) is 38.7 Å². The van der Waals surface area contributed by atoms with Gasteiger partial charge in [0.25, 0.3) is 0 Å². The van der Waals surface area contributed by atoms with Crippen molar-refractivity contribution in [2.45, 2.75) is 45.1 Å². The Labute approximate surface area is 112 Å². The van der Waals surface area contributed by atoms with Crippen molar-refractivity contribution in [3.8, 4) is 0 Å². The molecular formula is C15H20F3N. The second-order valence-corrected chi connectivity index (χ2v) is 5.41. The number of benzene rings is 1. The maximum atomic E-state index is 13.8. The van der Waals surface area contributed by atoms with Gasteiger partial charge in [-0.05, 0) is 24.3 Å². The molecule has 0 aromatic heterocycles. The SMILES string of the molecule is CCC1CCCCC1C(N)c1ccc(F)c(F)c1F. The summed E-state index contributed by atoms with van der Waals surface area (Å²) in [6, 6.07) is 1.68. The quantitative estimate of drug-likeness (QED) is 0.814. The van der Waals surface area contributed by atoms with Crippen molar-refractivity contribution in [2.75, 3.05) is 0 Å². The molecule has 2 rings (SSSR count). The van der Waals surface area contributed by atoms with Crippen molar-refractivity contribution in [1.29, 1.82) is 0 Å². The smallest absolute Gasteiger partial charge is 0.194 e. The minimum Gasteiger partial charge on any atom is -0.324 e.